The molecule has 0 saturated carbocycles. The first-order valence-corrected chi connectivity index (χ1v) is 7.16. The fraction of sp³-hybridized carbons (Fsp3) is 0.364. The Labute approximate surface area is 116 Å². The van der Waals surface area contributed by atoms with Gasteiger partial charge in [0, 0.05) is 14.1 Å². The largest absolute Gasteiger partial charge is 0.544 e. The van der Waals surface area contributed by atoms with Gasteiger partial charge in [0.2, 0.25) is 0 Å². The van der Waals surface area contributed by atoms with E-state index in [2.05, 4.69) is 4.62 Å². The van der Waals surface area contributed by atoms with E-state index in [0.717, 1.165) is 5.06 Å². The van der Waals surface area contributed by atoms with Crippen LogP contribution >= 0.6 is 7.82 Å². The van der Waals surface area contributed by atoms with Gasteiger partial charge in [-0.25, -0.2) is 4.57 Å². The maximum atomic E-state index is 11.5. The van der Waals surface area contributed by atoms with Crippen LogP contribution in [0.15, 0.2) is 24.3 Å². The molecule has 0 heterocycles. The first-order valence-electron chi connectivity index (χ1n) is 5.66. The monoisotopic (exact) mass is 304 g/mol. The number of carbonyl (C=O) groups is 1. The van der Waals surface area contributed by atoms with E-state index < -0.39 is 19.8 Å². The summed E-state index contributed by atoms with van der Waals surface area (Å²) in [6.45, 7) is 0. The van der Waals surface area contributed by atoms with Crippen molar-refractivity contribution in [2.45, 2.75) is 12.5 Å². The third kappa shape index (κ3) is 5.68. The number of hydroxylamine groups is 2. The minimum absolute atomic E-state index is 0.130. The number of nitrogens with two attached hydrogens (primary N) is 1. The number of carboxylic acid groups (broad SMARTS) is 1. The van der Waals surface area contributed by atoms with Gasteiger partial charge in [-0.15, -0.1) is 0 Å². The van der Waals surface area contributed by atoms with Crippen LogP contribution in [0, 0.1) is 0 Å². The van der Waals surface area contributed by atoms with Crippen LogP contribution in [0.25, 0.3) is 0 Å². The zero-order valence-electron chi connectivity index (χ0n) is 11.1. The Balaban J connectivity index is 2.67. The smallest absolute Gasteiger partial charge is 0.480 e. The first-order chi connectivity index (χ1) is 9.19. The quantitative estimate of drug-likeness (QED) is 0.495. The number of rotatable bonds is 7. The molecule has 2 atom stereocenters. The second kappa shape index (κ2) is 6.83. The highest BCUT2D eigenvalue weighted by molar-refractivity contribution is 7.47. The number of hydrogen-bond donors (Lipinski definition) is 3. The Bertz CT molecular complexity index is 504. The van der Waals surface area contributed by atoms with Gasteiger partial charge in [0.1, 0.15) is 11.8 Å². The fourth-order valence-corrected chi connectivity index (χ4v) is 2.22. The Morgan fingerprint density at radius 1 is 1.40 bits per heavy atom. The van der Waals surface area contributed by atoms with E-state index >= 15 is 0 Å². The van der Waals surface area contributed by atoms with Crippen LogP contribution in [0.4, 0.5) is 0 Å². The summed E-state index contributed by atoms with van der Waals surface area (Å²) in [5.74, 6) is -0.963. The zero-order valence-corrected chi connectivity index (χ0v) is 12.0. The van der Waals surface area contributed by atoms with Crippen molar-refractivity contribution in [2.75, 3.05) is 14.1 Å². The van der Waals surface area contributed by atoms with Gasteiger partial charge >= 0.3 is 13.8 Å². The third-order valence-corrected chi connectivity index (χ3v) is 3.16. The molecular formula is C11H17N2O6P. The number of phosphoric acid groups is 1. The number of benzene rings is 1. The van der Waals surface area contributed by atoms with Crippen LogP contribution in [-0.4, -0.2) is 41.2 Å². The molecule has 0 aromatic heterocycles. The number of carboxylic acids is 1. The highest BCUT2D eigenvalue weighted by Crippen LogP contribution is 2.44. The van der Waals surface area contributed by atoms with Crippen molar-refractivity contribution in [2.24, 2.45) is 5.73 Å². The molecule has 20 heavy (non-hydrogen) atoms. The summed E-state index contributed by atoms with van der Waals surface area (Å²) in [6, 6.07) is 5.00. The van der Waals surface area contributed by atoms with Crippen LogP contribution in [-0.2, 0) is 20.4 Å². The maximum Gasteiger partial charge on any atom is 0.544 e. The Morgan fingerprint density at radius 3 is 2.40 bits per heavy atom. The molecule has 1 rings (SSSR count). The average molecular weight is 304 g/mol. The minimum atomic E-state index is -4.22. The maximum absolute atomic E-state index is 11.5. The molecule has 0 radical (unpaired) electrons. The van der Waals surface area contributed by atoms with Crippen LogP contribution in [0.5, 0.6) is 5.75 Å². The molecule has 0 bridgehead atoms. The summed E-state index contributed by atoms with van der Waals surface area (Å²) in [5, 5.41) is 9.75. The molecule has 0 fully saturated rings. The van der Waals surface area contributed by atoms with E-state index in [1.54, 1.807) is 12.1 Å². The number of aliphatic carboxylic acids is 1. The lowest BCUT2D eigenvalue weighted by Crippen LogP contribution is -2.32. The molecule has 1 aromatic carbocycles. The fourth-order valence-electron chi connectivity index (χ4n) is 1.38. The van der Waals surface area contributed by atoms with E-state index in [9.17, 15) is 14.3 Å². The molecule has 8 nitrogen and oxygen atoms in total. The molecule has 0 aliphatic heterocycles. The van der Waals surface area contributed by atoms with Crippen molar-refractivity contribution in [3.8, 4) is 5.75 Å². The van der Waals surface area contributed by atoms with E-state index in [4.69, 9.17) is 15.4 Å². The van der Waals surface area contributed by atoms with Gasteiger partial charge in [-0.2, -0.15) is 9.69 Å². The molecule has 0 amide bonds. The highest BCUT2D eigenvalue weighted by atomic mass is 31.2. The molecular weight excluding hydrogens is 287 g/mol. The van der Waals surface area contributed by atoms with Crippen molar-refractivity contribution >= 4 is 13.8 Å². The number of hydrogen-bond acceptors (Lipinski definition) is 6. The summed E-state index contributed by atoms with van der Waals surface area (Å²) < 4.78 is 20.9. The molecule has 0 aliphatic carbocycles. The van der Waals surface area contributed by atoms with E-state index in [-0.39, 0.29) is 12.2 Å². The first kappa shape index (κ1) is 16.6. The summed E-state index contributed by atoms with van der Waals surface area (Å²) in [5.41, 5.74) is 6.08. The van der Waals surface area contributed by atoms with Crippen molar-refractivity contribution in [1.82, 2.24) is 5.06 Å². The summed E-state index contributed by atoms with van der Waals surface area (Å²) >= 11 is 0. The summed E-state index contributed by atoms with van der Waals surface area (Å²) in [4.78, 5) is 20.0. The molecule has 0 saturated heterocycles. The lowest BCUT2D eigenvalue weighted by molar-refractivity contribution is -0.138. The Kier molecular flexibility index (Phi) is 5.67. The highest BCUT2D eigenvalue weighted by Gasteiger charge is 2.24. The SMILES string of the molecule is CN(C)OP(=O)(O)Oc1ccc(C[C@H](N)C(=O)O)cc1. The van der Waals surface area contributed by atoms with Gasteiger partial charge in [0.05, 0.1) is 0 Å². The molecule has 0 aliphatic rings. The lowest BCUT2D eigenvalue weighted by Gasteiger charge is -2.16. The third-order valence-electron chi connectivity index (χ3n) is 2.18. The summed E-state index contributed by atoms with van der Waals surface area (Å²) in [7, 11) is -1.33. The second-order valence-electron chi connectivity index (χ2n) is 4.25. The molecule has 1 aromatic rings. The van der Waals surface area contributed by atoms with Gasteiger partial charge in [0.15, 0.2) is 0 Å². The van der Waals surface area contributed by atoms with Gasteiger partial charge in [-0.3, -0.25) is 9.69 Å². The van der Waals surface area contributed by atoms with Gasteiger partial charge < -0.3 is 15.4 Å². The van der Waals surface area contributed by atoms with Crippen LogP contribution in [0.2, 0.25) is 0 Å². The van der Waals surface area contributed by atoms with Crippen molar-refractivity contribution in [3.05, 3.63) is 29.8 Å². The normalized spacial score (nSPS) is 15.7. The zero-order chi connectivity index (χ0) is 15.3. The minimum Gasteiger partial charge on any atom is -0.480 e. The molecule has 1 unspecified atom stereocenters. The van der Waals surface area contributed by atoms with Crippen molar-refractivity contribution in [3.63, 3.8) is 0 Å². The van der Waals surface area contributed by atoms with Crippen LogP contribution in [0.3, 0.4) is 0 Å². The second-order valence-corrected chi connectivity index (χ2v) is 5.53. The van der Waals surface area contributed by atoms with Gasteiger partial charge in [-0.1, -0.05) is 12.1 Å². The van der Waals surface area contributed by atoms with Crippen molar-refractivity contribution in [1.29, 1.82) is 0 Å². The van der Waals surface area contributed by atoms with Gasteiger partial charge in [-0.05, 0) is 24.1 Å². The molecule has 112 valence electrons. The molecule has 9 heteroatoms. The predicted molar refractivity (Wildman–Crippen MR) is 71.0 cm³/mol. The lowest BCUT2D eigenvalue weighted by atomic mass is 10.1. The van der Waals surface area contributed by atoms with Crippen molar-refractivity contribution < 1.29 is 28.5 Å². The standard InChI is InChI=1S/C11H17N2O6P/c1-13(2)19-20(16,17)18-9-5-3-8(4-6-9)7-10(12)11(14)15/h3-6,10H,7,12H2,1-2H3,(H,14,15)(H,16,17)/t10-/m0/s1. The number of phosphoric ester groups is 1. The van der Waals surface area contributed by atoms with E-state index in [1.165, 1.54) is 26.2 Å². The van der Waals surface area contributed by atoms with E-state index in [1.807, 2.05) is 0 Å². The average Bonchev–Trinajstić information content (AvgIpc) is 2.29. The Morgan fingerprint density at radius 2 is 1.95 bits per heavy atom. The number of nitrogens with zero attached hydrogens (tertiary/aromatic N) is 1. The van der Waals surface area contributed by atoms with Crippen LogP contribution < -0.4 is 10.3 Å². The predicted octanol–water partition coefficient (Wildman–Crippen LogP) is 0.613. The molecule has 4 N–H and O–H groups in total. The van der Waals surface area contributed by atoms with Crippen LogP contribution in [0.1, 0.15) is 5.56 Å². The topological polar surface area (TPSA) is 122 Å². The van der Waals surface area contributed by atoms with Gasteiger partial charge in [0.25, 0.3) is 0 Å². The molecule has 0 spiro atoms. The Hall–Kier alpha value is -1.44. The van der Waals surface area contributed by atoms with E-state index in [0.29, 0.717) is 5.56 Å². The summed E-state index contributed by atoms with van der Waals surface area (Å²) in [6.07, 6.45) is 0.153.